The maximum absolute atomic E-state index is 12.4. The summed E-state index contributed by atoms with van der Waals surface area (Å²) in [5.41, 5.74) is 3.37. The molecule has 0 saturated carbocycles. The van der Waals surface area contributed by atoms with Crippen molar-refractivity contribution in [1.82, 2.24) is 15.8 Å². The number of nitrogens with one attached hydrogen (secondary N) is 3. The summed E-state index contributed by atoms with van der Waals surface area (Å²) in [5, 5.41) is 6.53. The van der Waals surface area contributed by atoms with Crippen molar-refractivity contribution in [3.05, 3.63) is 24.3 Å². The Morgan fingerprint density at radius 3 is 2.46 bits per heavy atom. The molecule has 2 aliphatic rings. The van der Waals surface area contributed by atoms with Crippen LogP contribution < -0.4 is 21.0 Å². The summed E-state index contributed by atoms with van der Waals surface area (Å²) in [5.74, 6) is -0.896. The molecule has 1 unspecified atom stereocenters. The summed E-state index contributed by atoms with van der Waals surface area (Å²) in [6.07, 6.45) is 5.27. The first-order valence-corrected chi connectivity index (χ1v) is 9.98. The van der Waals surface area contributed by atoms with Crippen LogP contribution in [0, 0.1) is 0 Å². The summed E-state index contributed by atoms with van der Waals surface area (Å²) in [6.45, 7) is 5.43. The molecule has 8 heteroatoms. The van der Waals surface area contributed by atoms with Gasteiger partial charge in [0.2, 0.25) is 0 Å². The van der Waals surface area contributed by atoms with Gasteiger partial charge in [-0.1, -0.05) is 31.9 Å². The van der Waals surface area contributed by atoms with E-state index in [1.807, 2.05) is 25.1 Å². The number of hydrogen-bond acceptors (Lipinski definition) is 5. The number of imide groups is 1. The number of para-hydroxylation sites is 2. The Balaban J connectivity index is 1.61. The summed E-state index contributed by atoms with van der Waals surface area (Å²) < 4.78 is 0. The van der Waals surface area contributed by atoms with Gasteiger partial charge in [0.05, 0.1) is 17.9 Å². The van der Waals surface area contributed by atoms with E-state index in [-0.39, 0.29) is 6.54 Å². The average molecular weight is 387 g/mol. The second-order valence-electron chi connectivity index (χ2n) is 7.56. The zero-order valence-electron chi connectivity index (χ0n) is 16.6. The lowest BCUT2D eigenvalue weighted by Gasteiger charge is -2.26. The van der Waals surface area contributed by atoms with E-state index in [4.69, 9.17) is 0 Å². The molecular formula is C20H29N5O3. The number of carbonyl (C=O) groups excluding carboxylic acids is 3. The normalized spacial score (nSPS) is 22.6. The Bertz CT molecular complexity index is 745. The fourth-order valence-corrected chi connectivity index (χ4v) is 3.58. The molecule has 28 heavy (non-hydrogen) atoms. The fraction of sp³-hybridized carbons (Fsp3) is 0.550. The molecule has 1 atom stereocenters. The number of rotatable bonds is 6. The van der Waals surface area contributed by atoms with Gasteiger partial charge in [0.15, 0.2) is 0 Å². The molecule has 3 N–H and O–H groups in total. The number of amides is 4. The molecular weight excluding hydrogens is 358 g/mol. The van der Waals surface area contributed by atoms with Gasteiger partial charge >= 0.3 is 6.03 Å². The molecule has 0 radical (unpaired) electrons. The first-order chi connectivity index (χ1) is 13.4. The highest BCUT2D eigenvalue weighted by molar-refractivity contribution is 6.07. The van der Waals surface area contributed by atoms with Gasteiger partial charge in [0, 0.05) is 13.1 Å². The number of urea groups is 1. The van der Waals surface area contributed by atoms with E-state index in [1.54, 1.807) is 6.92 Å². The quantitative estimate of drug-likeness (QED) is 0.651. The number of benzene rings is 1. The fourth-order valence-electron chi connectivity index (χ4n) is 3.58. The predicted octanol–water partition coefficient (Wildman–Crippen LogP) is 2.23. The van der Waals surface area contributed by atoms with Crippen molar-refractivity contribution in [1.29, 1.82) is 0 Å². The Labute approximate surface area is 165 Å². The van der Waals surface area contributed by atoms with Gasteiger partial charge in [0.25, 0.3) is 11.8 Å². The van der Waals surface area contributed by atoms with Crippen LogP contribution >= 0.6 is 0 Å². The van der Waals surface area contributed by atoms with E-state index < -0.39 is 23.4 Å². The van der Waals surface area contributed by atoms with Crippen molar-refractivity contribution in [3.8, 4) is 0 Å². The molecule has 3 rings (SSSR count). The summed E-state index contributed by atoms with van der Waals surface area (Å²) in [4.78, 5) is 39.1. The molecule has 8 nitrogen and oxygen atoms in total. The monoisotopic (exact) mass is 387 g/mol. The Morgan fingerprint density at radius 1 is 1.14 bits per heavy atom. The van der Waals surface area contributed by atoms with Gasteiger partial charge in [-0.15, -0.1) is 0 Å². The SMILES string of the molecule is CCC1(C)NC(=O)N(NC(=O)CNc2ccccc2N2CCCCCC2)C1=O. The van der Waals surface area contributed by atoms with Gasteiger partial charge in [-0.2, -0.15) is 5.01 Å². The van der Waals surface area contributed by atoms with Crippen LogP contribution in [0.3, 0.4) is 0 Å². The average Bonchev–Trinajstić information content (AvgIpc) is 2.90. The minimum atomic E-state index is -0.975. The lowest BCUT2D eigenvalue weighted by Crippen LogP contribution is -2.50. The molecule has 4 amide bonds. The molecule has 2 heterocycles. The van der Waals surface area contributed by atoms with E-state index in [9.17, 15) is 14.4 Å². The zero-order valence-corrected chi connectivity index (χ0v) is 16.6. The predicted molar refractivity (Wildman–Crippen MR) is 108 cm³/mol. The molecule has 2 aliphatic heterocycles. The van der Waals surface area contributed by atoms with Crippen molar-refractivity contribution in [3.63, 3.8) is 0 Å². The van der Waals surface area contributed by atoms with Gasteiger partial charge in [-0.05, 0) is 38.3 Å². The van der Waals surface area contributed by atoms with Crippen molar-refractivity contribution < 1.29 is 14.4 Å². The van der Waals surface area contributed by atoms with Crippen LogP contribution in [0.4, 0.5) is 16.2 Å². The third-order valence-electron chi connectivity index (χ3n) is 5.49. The van der Waals surface area contributed by atoms with Crippen LogP contribution in [0.1, 0.15) is 46.0 Å². The number of hydrazine groups is 1. The van der Waals surface area contributed by atoms with Crippen molar-refractivity contribution in [2.24, 2.45) is 0 Å². The molecule has 2 fully saturated rings. The van der Waals surface area contributed by atoms with Gasteiger partial charge < -0.3 is 15.5 Å². The standard InChI is InChI=1S/C20H29N5O3/c1-3-20(2)18(27)25(19(28)22-20)23-17(26)14-21-15-10-6-7-11-16(15)24-12-8-4-5-9-13-24/h6-7,10-11,21H,3-5,8-9,12-14H2,1-2H3,(H,22,28)(H,23,26). The van der Waals surface area contributed by atoms with Crippen LogP contribution in [0.15, 0.2) is 24.3 Å². The zero-order chi connectivity index (χ0) is 20.1. The molecule has 152 valence electrons. The summed E-state index contributed by atoms with van der Waals surface area (Å²) in [6, 6.07) is 7.30. The Kier molecular flexibility index (Phi) is 6.06. The van der Waals surface area contributed by atoms with Crippen LogP contribution in [0.25, 0.3) is 0 Å². The summed E-state index contributed by atoms with van der Waals surface area (Å²) >= 11 is 0. The van der Waals surface area contributed by atoms with E-state index in [2.05, 4.69) is 27.0 Å². The van der Waals surface area contributed by atoms with Crippen molar-refractivity contribution in [2.45, 2.75) is 51.5 Å². The highest BCUT2D eigenvalue weighted by Crippen LogP contribution is 2.27. The Hall–Kier alpha value is -2.77. The maximum Gasteiger partial charge on any atom is 0.344 e. The third kappa shape index (κ3) is 4.21. The minimum Gasteiger partial charge on any atom is -0.374 e. The van der Waals surface area contributed by atoms with Gasteiger partial charge in [-0.25, -0.2) is 4.79 Å². The number of hydrogen-bond donors (Lipinski definition) is 3. The van der Waals surface area contributed by atoms with Gasteiger partial charge in [0.1, 0.15) is 5.54 Å². The molecule has 0 bridgehead atoms. The van der Waals surface area contributed by atoms with E-state index in [0.29, 0.717) is 6.42 Å². The van der Waals surface area contributed by atoms with Crippen LogP contribution in [0.2, 0.25) is 0 Å². The maximum atomic E-state index is 12.4. The largest absolute Gasteiger partial charge is 0.374 e. The van der Waals surface area contributed by atoms with Crippen LogP contribution in [0.5, 0.6) is 0 Å². The second-order valence-corrected chi connectivity index (χ2v) is 7.56. The first kappa shape index (κ1) is 20.0. The number of anilines is 2. The molecule has 0 aromatic heterocycles. The smallest absolute Gasteiger partial charge is 0.344 e. The lowest BCUT2D eigenvalue weighted by atomic mass is 10.00. The van der Waals surface area contributed by atoms with E-state index in [1.165, 1.54) is 12.8 Å². The molecule has 1 aromatic rings. The van der Waals surface area contributed by atoms with E-state index >= 15 is 0 Å². The van der Waals surface area contributed by atoms with E-state index in [0.717, 1.165) is 42.3 Å². The third-order valence-corrected chi connectivity index (χ3v) is 5.49. The molecule has 1 aromatic carbocycles. The molecule has 0 aliphatic carbocycles. The van der Waals surface area contributed by atoms with Gasteiger partial charge in [-0.3, -0.25) is 15.0 Å². The number of nitrogens with zero attached hydrogens (tertiary/aromatic N) is 2. The highest BCUT2D eigenvalue weighted by Gasteiger charge is 2.47. The highest BCUT2D eigenvalue weighted by atomic mass is 16.2. The first-order valence-electron chi connectivity index (χ1n) is 9.98. The number of carbonyl (C=O) groups is 3. The van der Waals surface area contributed by atoms with Crippen LogP contribution in [-0.4, -0.2) is 48.0 Å². The molecule has 0 spiro atoms. The topological polar surface area (TPSA) is 93.8 Å². The second kappa shape index (κ2) is 8.50. The van der Waals surface area contributed by atoms with Crippen molar-refractivity contribution >= 4 is 29.2 Å². The molecule has 2 saturated heterocycles. The Morgan fingerprint density at radius 2 is 1.82 bits per heavy atom. The van der Waals surface area contributed by atoms with Crippen molar-refractivity contribution in [2.75, 3.05) is 29.9 Å². The lowest BCUT2D eigenvalue weighted by molar-refractivity contribution is -0.138. The summed E-state index contributed by atoms with van der Waals surface area (Å²) in [7, 11) is 0. The van der Waals surface area contributed by atoms with Crippen LogP contribution in [-0.2, 0) is 9.59 Å². The minimum absolute atomic E-state index is 0.0370.